The van der Waals surface area contributed by atoms with E-state index in [2.05, 4.69) is 10.6 Å². The molecule has 2 aromatic rings. The first-order chi connectivity index (χ1) is 12.9. The average Bonchev–Trinajstić information content (AvgIpc) is 2.60. The van der Waals surface area contributed by atoms with Crippen molar-refractivity contribution in [3.05, 3.63) is 52.5 Å². The van der Waals surface area contributed by atoms with Crippen LogP contribution in [0.3, 0.4) is 0 Å². The molecule has 0 saturated heterocycles. The summed E-state index contributed by atoms with van der Waals surface area (Å²) in [4.78, 5) is 26.2. The Morgan fingerprint density at radius 2 is 1.56 bits per heavy atom. The van der Waals surface area contributed by atoms with E-state index in [1.807, 2.05) is 6.92 Å². The van der Waals surface area contributed by atoms with Gasteiger partial charge in [0.1, 0.15) is 5.75 Å². The van der Waals surface area contributed by atoms with Gasteiger partial charge in [-0.05, 0) is 36.9 Å². The molecule has 0 aliphatic heterocycles. The smallest absolute Gasteiger partial charge is 0.238 e. The Hall–Kier alpha value is -2.28. The summed E-state index contributed by atoms with van der Waals surface area (Å²) in [5, 5.41) is 6.39. The molecule has 0 unspecified atom stereocenters. The lowest BCUT2D eigenvalue weighted by molar-refractivity contribution is -0.119. The number of benzene rings is 2. The van der Waals surface area contributed by atoms with E-state index in [0.29, 0.717) is 33.7 Å². The van der Waals surface area contributed by atoms with Crippen LogP contribution in [-0.4, -0.2) is 43.5 Å². The van der Waals surface area contributed by atoms with Gasteiger partial charge in [0.2, 0.25) is 11.8 Å². The highest BCUT2D eigenvalue weighted by Gasteiger charge is 2.14. The molecule has 0 fully saturated rings. The van der Waals surface area contributed by atoms with Crippen LogP contribution in [0.4, 0.5) is 11.4 Å². The first kappa shape index (κ1) is 21.0. The van der Waals surface area contributed by atoms with Gasteiger partial charge in [0.15, 0.2) is 0 Å². The van der Waals surface area contributed by atoms with Crippen molar-refractivity contribution in [2.45, 2.75) is 6.92 Å². The Morgan fingerprint density at radius 3 is 2.11 bits per heavy atom. The van der Waals surface area contributed by atoms with Gasteiger partial charge in [0.25, 0.3) is 0 Å². The van der Waals surface area contributed by atoms with Crippen LogP contribution in [0.25, 0.3) is 0 Å². The molecule has 0 aromatic heterocycles. The number of nitrogens with one attached hydrogen (secondary N) is 2. The van der Waals surface area contributed by atoms with Crippen molar-refractivity contribution in [3.8, 4) is 5.75 Å². The van der Waals surface area contributed by atoms with Crippen molar-refractivity contribution >= 4 is 46.4 Å². The van der Waals surface area contributed by atoms with Gasteiger partial charge in [-0.3, -0.25) is 14.5 Å². The fourth-order valence-corrected chi connectivity index (χ4v) is 2.94. The molecule has 2 rings (SSSR count). The number of carbonyl (C=O) groups excluding carboxylic acids is 2. The zero-order valence-corrected chi connectivity index (χ0v) is 16.6. The van der Waals surface area contributed by atoms with Crippen molar-refractivity contribution in [1.29, 1.82) is 0 Å². The molecule has 0 aliphatic rings. The number of methoxy groups -OCH3 is 1. The summed E-state index contributed by atoms with van der Waals surface area (Å²) >= 11 is 11.9. The second kappa shape index (κ2) is 10.2. The zero-order valence-electron chi connectivity index (χ0n) is 15.1. The summed E-state index contributed by atoms with van der Waals surface area (Å²) in [6, 6.07) is 11.9. The number of nitrogens with zero attached hydrogens (tertiary/aromatic N) is 1. The van der Waals surface area contributed by atoms with Crippen molar-refractivity contribution in [3.63, 3.8) is 0 Å². The molecule has 0 aliphatic carbocycles. The molecule has 0 bridgehead atoms. The molecule has 0 atom stereocenters. The predicted octanol–water partition coefficient (Wildman–Crippen LogP) is 3.90. The maximum Gasteiger partial charge on any atom is 0.238 e. The highest BCUT2D eigenvalue weighted by atomic mass is 35.5. The topological polar surface area (TPSA) is 70.7 Å². The van der Waals surface area contributed by atoms with E-state index in [-0.39, 0.29) is 24.9 Å². The Balaban J connectivity index is 1.89. The molecule has 27 heavy (non-hydrogen) atoms. The normalized spacial score (nSPS) is 10.6. The predicted molar refractivity (Wildman–Crippen MR) is 109 cm³/mol. The van der Waals surface area contributed by atoms with Gasteiger partial charge in [-0.1, -0.05) is 36.2 Å². The van der Waals surface area contributed by atoms with Crippen LogP contribution in [0.1, 0.15) is 6.92 Å². The first-order valence-corrected chi connectivity index (χ1v) is 9.07. The molecule has 2 aromatic carbocycles. The fourth-order valence-electron chi connectivity index (χ4n) is 2.41. The molecule has 0 heterocycles. The van der Waals surface area contributed by atoms with E-state index in [4.69, 9.17) is 27.9 Å². The van der Waals surface area contributed by atoms with E-state index in [1.165, 1.54) is 0 Å². The number of anilines is 2. The third kappa shape index (κ3) is 7.09. The van der Waals surface area contributed by atoms with Crippen molar-refractivity contribution in [2.24, 2.45) is 0 Å². The van der Waals surface area contributed by atoms with E-state index < -0.39 is 0 Å². The van der Waals surface area contributed by atoms with Gasteiger partial charge < -0.3 is 15.4 Å². The van der Waals surface area contributed by atoms with Crippen LogP contribution in [0.15, 0.2) is 42.5 Å². The summed E-state index contributed by atoms with van der Waals surface area (Å²) in [5.41, 5.74) is 1.14. The standard InChI is InChI=1S/C19H21Cl2N3O3/c1-3-24(11-18(25)22-15-5-4-6-17(10-15)27-2)12-19(26)23-16-8-13(20)7-14(21)9-16/h4-10H,3,11-12H2,1-2H3,(H,22,25)(H,23,26). The highest BCUT2D eigenvalue weighted by Crippen LogP contribution is 2.22. The number of carbonyl (C=O) groups is 2. The van der Waals surface area contributed by atoms with Gasteiger partial charge in [0.05, 0.1) is 20.2 Å². The molecule has 6 nitrogen and oxygen atoms in total. The lowest BCUT2D eigenvalue weighted by Crippen LogP contribution is -2.38. The maximum absolute atomic E-state index is 12.3. The number of hydrogen-bond acceptors (Lipinski definition) is 4. The minimum Gasteiger partial charge on any atom is -0.497 e. The molecule has 8 heteroatoms. The second-order valence-electron chi connectivity index (χ2n) is 5.79. The highest BCUT2D eigenvalue weighted by molar-refractivity contribution is 6.35. The average molecular weight is 410 g/mol. The Kier molecular flexibility index (Phi) is 7.91. The molecule has 0 radical (unpaired) electrons. The maximum atomic E-state index is 12.3. The first-order valence-electron chi connectivity index (χ1n) is 8.31. The summed E-state index contributed by atoms with van der Waals surface area (Å²) in [6.45, 7) is 2.56. The monoisotopic (exact) mass is 409 g/mol. The Labute approximate surface area is 168 Å². The fraction of sp³-hybridized carbons (Fsp3) is 0.263. The van der Waals surface area contributed by atoms with E-state index in [0.717, 1.165) is 0 Å². The van der Waals surface area contributed by atoms with Crippen LogP contribution >= 0.6 is 23.2 Å². The van der Waals surface area contributed by atoms with Gasteiger partial charge in [-0.2, -0.15) is 0 Å². The van der Waals surface area contributed by atoms with Gasteiger partial charge in [0, 0.05) is 27.5 Å². The Bertz CT molecular complexity index is 794. The molecular formula is C19H21Cl2N3O3. The minimum absolute atomic E-state index is 0.0617. The number of rotatable bonds is 8. The van der Waals surface area contributed by atoms with Crippen LogP contribution in [0, 0.1) is 0 Å². The zero-order chi connectivity index (χ0) is 19.8. The van der Waals surface area contributed by atoms with Crippen molar-refractivity contribution in [2.75, 3.05) is 37.4 Å². The van der Waals surface area contributed by atoms with Crippen molar-refractivity contribution in [1.82, 2.24) is 4.90 Å². The lowest BCUT2D eigenvalue weighted by atomic mass is 10.3. The summed E-state index contributed by atoms with van der Waals surface area (Å²) in [7, 11) is 1.56. The second-order valence-corrected chi connectivity index (χ2v) is 6.66. The minimum atomic E-state index is -0.260. The van der Waals surface area contributed by atoms with Crippen LogP contribution < -0.4 is 15.4 Å². The summed E-state index contributed by atoms with van der Waals surface area (Å²) in [5.74, 6) is 0.174. The third-order valence-corrected chi connectivity index (χ3v) is 4.12. The van der Waals surface area contributed by atoms with E-state index in [9.17, 15) is 9.59 Å². The molecule has 2 N–H and O–H groups in total. The number of likely N-dealkylation sites (N-methyl/N-ethyl adjacent to an activating group) is 1. The molecule has 0 saturated carbocycles. The molecule has 0 spiro atoms. The molecular weight excluding hydrogens is 389 g/mol. The van der Waals surface area contributed by atoms with Crippen LogP contribution in [-0.2, 0) is 9.59 Å². The van der Waals surface area contributed by atoms with Crippen molar-refractivity contribution < 1.29 is 14.3 Å². The SMILES string of the molecule is CCN(CC(=O)Nc1cc(Cl)cc(Cl)c1)CC(=O)Nc1cccc(OC)c1. The number of amides is 2. The van der Waals surface area contributed by atoms with E-state index in [1.54, 1.807) is 54.5 Å². The summed E-state index contributed by atoms with van der Waals surface area (Å²) in [6.07, 6.45) is 0. The number of hydrogen-bond donors (Lipinski definition) is 2. The van der Waals surface area contributed by atoms with Gasteiger partial charge in [-0.25, -0.2) is 0 Å². The van der Waals surface area contributed by atoms with Crippen LogP contribution in [0.5, 0.6) is 5.75 Å². The third-order valence-electron chi connectivity index (χ3n) is 3.68. The van der Waals surface area contributed by atoms with Gasteiger partial charge >= 0.3 is 0 Å². The Morgan fingerprint density at radius 1 is 0.963 bits per heavy atom. The molecule has 2 amide bonds. The van der Waals surface area contributed by atoms with Gasteiger partial charge in [-0.15, -0.1) is 0 Å². The summed E-state index contributed by atoms with van der Waals surface area (Å²) < 4.78 is 5.13. The van der Waals surface area contributed by atoms with E-state index >= 15 is 0 Å². The quantitative estimate of drug-likeness (QED) is 0.693. The lowest BCUT2D eigenvalue weighted by Gasteiger charge is -2.19. The van der Waals surface area contributed by atoms with Crippen LogP contribution in [0.2, 0.25) is 10.0 Å². The number of ether oxygens (including phenoxy) is 1. The number of halogens is 2. The molecule has 144 valence electrons. The largest absolute Gasteiger partial charge is 0.497 e.